The van der Waals surface area contributed by atoms with Gasteiger partial charge in [-0.1, -0.05) is 17.3 Å². The number of benzene rings is 1. The molecule has 2 heterocycles. The maximum absolute atomic E-state index is 11.3. The molecule has 0 spiro atoms. The third kappa shape index (κ3) is 2.63. The average Bonchev–Trinajstić information content (AvgIpc) is 3.05. The number of rotatable bonds is 3. The zero-order valence-electron chi connectivity index (χ0n) is 12.5. The van der Waals surface area contributed by atoms with Crippen molar-refractivity contribution in [1.29, 1.82) is 0 Å². The summed E-state index contributed by atoms with van der Waals surface area (Å²) in [4.78, 5) is 15.7. The molecule has 0 saturated heterocycles. The quantitative estimate of drug-likeness (QED) is 0.799. The molecule has 0 saturated carbocycles. The summed E-state index contributed by atoms with van der Waals surface area (Å²) in [5.41, 5.74) is 2.11. The van der Waals surface area contributed by atoms with Gasteiger partial charge in [0, 0.05) is 12.5 Å². The van der Waals surface area contributed by atoms with Crippen LogP contribution in [-0.4, -0.2) is 16.0 Å². The fourth-order valence-corrected chi connectivity index (χ4v) is 2.26. The summed E-state index contributed by atoms with van der Waals surface area (Å²) < 4.78 is 10.8. The van der Waals surface area contributed by atoms with Gasteiger partial charge < -0.3 is 14.3 Å². The van der Waals surface area contributed by atoms with Gasteiger partial charge in [0.2, 0.25) is 11.7 Å². The number of aryl methyl sites for hydroxylation is 2. The Morgan fingerprint density at radius 2 is 1.95 bits per heavy atom. The summed E-state index contributed by atoms with van der Waals surface area (Å²) in [7, 11) is 0. The second-order valence-corrected chi connectivity index (χ2v) is 4.98. The number of carbonyl (C=O) groups excluding carboxylic acids is 1. The second kappa shape index (κ2) is 5.48. The third-order valence-corrected chi connectivity index (χ3v) is 3.18. The van der Waals surface area contributed by atoms with Crippen LogP contribution >= 0.6 is 0 Å². The van der Waals surface area contributed by atoms with Crippen LogP contribution in [0.4, 0.5) is 5.69 Å². The van der Waals surface area contributed by atoms with Gasteiger partial charge in [0.05, 0.1) is 11.3 Å². The Balaban J connectivity index is 2.01. The Labute approximate surface area is 127 Å². The van der Waals surface area contributed by atoms with Gasteiger partial charge in [0.25, 0.3) is 5.89 Å². The molecule has 112 valence electrons. The lowest BCUT2D eigenvalue weighted by Gasteiger charge is -2.05. The Bertz CT molecular complexity index is 833. The van der Waals surface area contributed by atoms with Crippen molar-refractivity contribution in [2.75, 3.05) is 5.32 Å². The minimum absolute atomic E-state index is 0.155. The van der Waals surface area contributed by atoms with E-state index in [-0.39, 0.29) is 5.91 Å². The molecule has 0 fully saturated rings. The first kappa shape index (κ1) is 14.1. The molecule has 3 aromatic rings. The molecular weight excluding hydrogens is 282 g/mol. The smallest absolute Gasteiger partial charge is 0.261 e. The van der Waals surface area contributed by atoms with Crippen LogP contribution in [0.5, 0.6) is 0 Å². The summed E-state index contributed by atoms with van der Waals surface area (Å²) in [6.45, 7) is 5.16. The van der Waals surface area contributed by atoms with Gasteiger partial charge >= 0.3 is 0 Å². The molecule has 22 heavy (non-hydrogen) atoms. The van der Waals surface area contributed by atoms with Gasteiger partial charge in [-0.05, 0) is 32.0 Å². The van der Waals surface area contributed by atoms with Gasteiger partial charge in [-0.25, -0.2) is 0 Å². The Morgan fingerprint density at radius 3 is 2.64 bits per heavy atom. The van der Waals surface area contributed by atoms with Crippen molar-refractivity contribution in [1.82, 2.24) is 10.1 Å². The van der Waals surface area contributed by atoms with E-state index in [2.05, 4.69) is 15.5 Å². The summed E-state index contributed by atoms with van der Waals surface area (Å²) in [5, 5.41) is 6.76. The molecule has 1 aromatic carbocycles. The van der Waals surface area contributed by atoms with E-state index in [0.29, 0.717) is 23.0 Å². The first-order chi connectivity index (χ1) is 10.5. The number of anilines is 1. The van der Waals surface area contributed by atoms with E-state index >= 15 is 0 Å². The SMILES string of the molecule is CC(=O)Nc1ccccc1-c1noc(-c2cc(C)oc2C)n1. The molecule has 1 amide bonds. The zero-order valence-corrected chi connectivity index (χ0v) is 12.5. The van der Waals surface area contributed by atoms with E-state index in [1.807, 2.05) is 38.1 Å². The molecule has 0 radical (unpaired) electrons. The molecule has 0 atom stereocenters. The van der Waals surface area contributed by atoms with Crippen LogP contribution in [0.15, 0.2) is 39.3 Å². The normalized spacial score (nSPS) is 10.7. The number of hydrogen-bond acceptors (Lipinski definition) is 5. The Kier molecular flexibility index (Phi) is 3.50. The van der Waals surface area contributed by atoms with Crippen LogP contribution in [-0.2, 0) is 4.79 Å². The first-order valence-electron chi connectivity index (χ1n) is 6.82. The van der Waals surface area contributed by atoms with Crippen molar-refractivity contribution in [2.45, 2.75) is 20.8 Å². The van der Waals surface area contributed by atoms with Gasteiger partial charge in [0.1, 0.15) is 11.5 Å². The summed E-state index contributed by atoms with van der Waals surface area (Å²) in [5.74, 6) is 2.16. The summed E-state index contributed by atoms with van der Waals surface area (Å²) in [6, 6.07) is 9.16. The van der Waals surface area contributed by atoms with Crippen LogP contribution in [0, 0.1) is 13.8 Å². The summed E-state index contributed by atoms with van der Waals surface area (Å²) in [6.07, 6.45) is 0. The van der Waals surface area contributed by atoms with Crippen molar-refractivity contribution < 1.29 is 13.7 Å². The average molecular weight is 297 g/mol. The highest BCUT2D eigenvalue weighted by atomic mass is 16.5. The molecule has 0 unspecified atom stereocenters. The maximum atomic E-state index is 11.3. The fraction of sp³-hybridized carbons (Fsp3) is 0.188. The Hall–Kier alpha value is -2.89. The van der Waals surface area contributed by atoms with Crippen molar-refractivity contribution in [2.24, 2.45) is 0 Å². The van der Waals surface area contributed by atoms with Gasteiger partial charge in [-0.2, -0.15) is 4.98 Å². The second-order valence-electron chi connectivity index (χ2n) is 4.98. The highest BCUT2D eigenvalue weighted by Gasteiger charge is 2.17. The van der Waals surface area contributed by atoms with E-state index in [1.165, 1.54) is 6.92 Å². The maximum Gasteiger partial charge on any atom is 0.261 e. The van der Waals surface area contributed by atoms with E-state index < -0.39 is 0 Å². The lowest BCUT2D eigenvalue weighted by atomic mass is 10.1. The number of furan rings is 1. The monoisotopic (exact) mass is 297 g/mol. The predicted molar refractivity (Wildman–Crippen MR) is 81.2 cm³/mol. The number of hydrogen-bond donors (Lipinski definition) is 1. The van der Waals surface area contributed by atoms with Crippen LogP contribution in [0.2, 0.25) is 0 Å². The standard InChI is InChI=1S/C16H15N3O3/c1-9-8-13(10(2)21-9)16-18-15(19-22-16)12-6-4-5-7-14(12)17-11(3)20/h4-8H,1-3H3,(H,17,20). The predicted octanol–water partition coefficient (Wildman–Crippen LogP) is 3.57. The van der Waals surface area contributed by atoms with Gasteiger partial charge in [-0.15, -0.1) is 0 Å². The number of nitrogens with one attached hydrogen (secondary N) is 1. The van der Waals surface area contributed by atoms with Gasteiger partial charge in [0.15, 0.2) is 0 Å². The first-order valence-corrected chi connectivity index (χ1v) is 6.82. The van der Waals surface area contributed by atoms with E-state index in [4.69, 9.17) is 8.94 Å². The topological polar surface area (TPSA) is 81.2 Å². The lowest BCUT2D eigenvalue weighted by molar-refractivity contribution is -0.114. The molecule has 3 rings (SSSR count). The molecule has 0 aliphatic rings. The minimum Gasteiger partial charge on any atom is -0.466 e. The van der Waals surface area contributed by atoms with Crippen molar-refractivity contribution in [3.8, 4) is 22.8 Å². The molecule has 6 nitrogen and oxygen atoms in total. The highest BCUT2D eigenvalue weighted by molar-refractivity contribution is 5.93. The molecule has 0 aliphatic heterocycles. The molecule has 0 aliphatic carbocycles. The molecule has 0 bridgehead atoms. The van der Waals surface area contributed by atoms with Crippen LogP contribution in [0.1, 0.15) is 18.4 Å². The number of amides is 1. The van der Waals surface area contributed by atoms with Gasteiger partial charge in [-0.3, -0.25) is 4.79 Å². The largest absolute Gasteiger partial charge is 0.466 e. The molecule has 6 heteroatoms. The van der Waals surface area contributed by atoms with Crippen LogP contribution in [0.25, 0.3) is 22.8 Å². The number of carbonyl (C=O) groups is 1. The number of aromatic nitrogens is 2. The van der Waals surface area contributed by atoms with E-state index in [9.17, 15) is 4.79 Å². The zero-order chi connectivity index (χ0) is 15.7. The van der Waals surface area contributed by atoms with E-state index in [0.717, 1.165) is 17.1 Å². The molecular formula is C16H15N3O3. The van der Waals surface area contributed by atoms with Crippen LogP contribution < -0.4 is 5.32 Å². The molecule has 2 aromatic heterocycles. The van der Waals surface area contributed by atoms with Crippen molar-refractivity contribution >= 4 is 11.6 Å². The third-order valence-electron chi connectivity index (χ3n) is 3.18. The van der Waals surface area contributed by atoms with Crippen LogP contribution in [0.3, 0.4) is 0 Å². The number of para-hydroxylation sites is 1. The Morgan fingerprint density at radius 1 is 1.18 bits per heavy atom. The summed E-state index contributed by atoms with van der Waals surface area (Å²) >= 11 is 0. The van der Waals surface area contributed by atoms with Crippen molar-refractivity contribution in [3.05, 3.63) is 41.9 Å². The molecule has 1 N–H and O–H groups in total. The fourth-order valence-electron chi connectivity index (χ4n) is 2.26. The highest BCUT2D eigenvalue weighted by Crippen LogP contribution is 2.30. The van der Waals surface area contributed by atoms with Crippen molar-refractivity contribution in [3.63, 3.8) is 0 Å². The van der Waals surface area contributed by atoms with E-state index in [1.54, 1.807) is 6.07 Å². The minimum atomic E-state index is -0.155. The lowest BCUT2D eigenvalue weighted by Crippen LogP contribution is -2.06. The number of nitrogens with zero attached hydrogens (tertiary/aromatic N) is 2.